The number of sulfone groups is 1. The van der Waals surface area contributed by atoms with Crippen molar-refractivity contribution in [3.8, 4) is 0 Å². The zero-order valence-corrected chi connectivity index (χ0v) is 15.7. The minimum atomic E-state index is -4.07. The first-order chi connectivity index (χ1) is 13.0. The summed E-state index contributed by atoms with van der Waals surface area (Å²) in [5.41, 5.74) is 2.19. The van der Waals surface area contributed by atoms with Gasteiger partial charge in [0, 0.05) is 22.6 Å². The highest BCUT2D eigenvalue weighted by atomic mass is 32.2. The van der Waals surface area contributed by atoms with E-state index < -0.39 is 33.4 Å². The number of hydrogen-bond donors (Lipinski definition) is 4. The summed E-state index contributed by atoms with van der Waals surface area (Å²) in [6.45, 7) is 3.19. The van der Waals surface area contributed by atoms with Crippen molar-refractivity contribution in [2.24, 2.45) is 0 Å². The first-order valence-corrected chi connectivity index (χ1v) is 9.71. The van der Waals surface area contributed by atoms with E-state index >= 15 is 0 Å². The third-order valence-corrected chi connectivity index (χ3v) is 6.02. The van der Waals surface area contributed by atoms with Crippen LogP contribution in [0, 0.1) is 13.8 Å². The molecule has 28 heavy (non-hydrogen) atoms. The Morgan fingerprint density at radius 1 is 1.18 bits per heavy atom. The number of carbonyl (C=O) groups excluding carboxylic acids is 1. The van der Waals surface area contributed by atoms with E-state index in [4.69, 9.17) is 5.11 Å². The largest absolute Gasteiger partial charge is 0.480 e. The molecule has 4 N–H and O–H groups in total. The molecule has 3 rings (SSSR count). The number of aliphatic carboxylic acids is 1. The quantitative estimate of drug-likeness (QED) is 0.553. The van der Waals surface area contributed by atoms with Gasteiger partial charge in [-0.3, -0.25) is 9.59 Å². The smallest absolute Gasteiger partial charge is 0.337 e. The molecule has 0 fully saturated rings. The molecule has 1 aliphatic heterocycles. The van der Waals surface area contributed by atoms with Gasteiger partial charge in [-0.15, -0.1) is 0 Å². The van der Waals surface area contributed by atoms with Crippen LogP contribution in [0.15, 0.2) is 23.1 Å². The van der Waals surface area contributed by atoms with Gasteiger partial charge in [0.1, 0.15) is 0 Å². The molecule has 2 aromatic rings. The van der Waals surface area contributed by atoms with Gasteiger partial charge in [-0.2, -0.15) is 0 Å². The second-order valence-electron chi connectivity index (χ2n) is 6.34. The highest BCUT2D eigenvalue weighted by Crippen LogP contribution is 2.35. The SMILES string of the molecule is Cc1[nH]c(C=C2C(=O)Nc3ccc(S(=O)(=O)CC(=O)O)cc32)c(C)c1C(=O)O. The number of aromatic amines is 1. The van der Waals surface area contributed by atoms with Crippen LogP contribution in [-0.2, 0) is 19.4 Å². The summed E-state index contributed by atoms with van der Waals surface area (Å²) in [4.78, 5) is 37.2. The van der Waals surface area contributed by atoms with E-state index in [0.717, 1.165) is 0 Å². The molecule has 0 radical (unpaired) electrons. The average Bonchev–Trinajstić information content (AvgIpc) is 3.02. The first kappa shape index (κ1) is 19.4. The zero-order chi connectivity index (χ0) is 20.8. The summed E-state index contributed by atoms with van der Waals surface area (Å²) >= 11 is 0. The number of aromatic nitrogens is 1. The normalized spacial score (nSPS) is 14.8. The van der Waals surface area contributed by atoms with Crippen molar-refractivity contribution in [1.29, 1.82) is 0 Å². The van der Waals surface area contributed by atoms with Gasteiger partial charge in [0.2, 0.25) is 0 Å². The van der Waals surface area contributed by atoms with Gasteiger partial charge in [0.25, 0.3) is 5.91 Å². The van der Waals surface area contributed by atoms with Crippen molar-refractivity contribution in [2.75, 3.05) is 11.1 Å². The standard InChI is InChI=1S/C18H16N2O7S/c1-8-14(19-9(2)16(8)18(24)25)6-12-11-5-10(28(26,27)7-15(21)22)3-4-13(11)20-17(12)23/h3-6,19H,7H2,1-2H3,(H,20,23)(H,21,22)(H,24,25). The number of nitrogens with one attached hydrogen (secondary N) is 2. The molecule has 1 aromatic heterocycles. The highest BCUT2D eigenvalue weighted by Gasteiger charge is 2.28. The molecule has 2 heterocycles. The van der Waals surface area contributed by atoms with Crippen molar-refractivity contribution in [3.63, 3.8) is 0 Å². The predicted octanol–water partition coefficient (Wildman–Crippen LogP) is 1.68. The van der Waals surface area contributed by atoms with Crippen LogP contribution in [0.2, 0.25) is 0 Å². The number of aromatic carboxylic acids is 1. The van der Waals surface area contributed by atoms with Crippen LogP contribution >= 0.6 is 0 Å². The Bertz CT molecular complexity index is 1170. The lowest BCUT2D eigenvalue weighted by molar-refractivity contribution is -0.134. The fourth-order valence-corrected chi connectivity index (χ4v) is 4.20. The highest BCUT2D eigenvalue weighted by molar-refractivity contribution is 7.92. The Morgan fingerprint density at radius 3 is 2.43 bits per heavy atom. The van der Waals surface area contributed by atoms with Gasteiger partial charge in [0.05, 0.1) is 16.0 Å². The Labute approximate surface area is 159 Å². The van der Waals surface area contributed by atoms with Gasteiger partial charge >= 0.3 is 11.9 Å². The number of carbonyl (C=O) groups is 3. The summed E-state index contributed by atoms with van der Waals surface area (Å²) in [6, 6.07) is 3.85. The predicted molar refractivity (Wildman–Crippen MR) is 99.9 cm³/mol. The number of rotatable bonds is 5. The maximum atomic E-state index is 12.4. The molecule has 0 atom stereocenters. The van der Waals surface area contributed by atoms with Crippen LogP contribution in [0.5, 0.6) is 0 Å². The van der Waals surface area contributed by atoms with Gasteiger partial charge in [0.15, 0.2) is 15.6 Å². The van der Waals surface area contributed by atoms with E-state index in [1.807, 2.05) is 0 Å². The molecule has 10 heteroatoms. The van der Waals surface area contributed by atoms with Crippen molar-refractivity contribution in [1.82, 2.24) is 4.98 Å². The maximum Gasteiger partial charge on any atom is 0.337 e. The lowest BCUT2D eigenvalue weighted by atomic mass is 10.0. The number of amides is 1. The molecule has 0 spiro atoms. The van der Waals surface area contributed by atoms with Crippen LogP contribution in [0.1, 0.15) is 32.9 Å². The van der Waals surface area contributed by atoms with Crippen molar-refractivity contribution >= 4 is 45.0 Å². The van der Waals surface area contributed by atoms with E-state index in [-0.39, 0.29) is 16.0 Å². The molecule has 1 aromatic carbocycles. The summed E-state index contributed by atoms with van der Waals surface area (Å²) in [5.74, 6) is -4.13. The molecule has 1 aliphatic rings. The minimum Gasteiger partial charge on any atom is -0.480 e. The fraction of sp³-hybridized carbons (Fsp3) is 0.167. The minimum absolute atomic E-state index is 0.100. The van der Waals surface area contributed by atoms with Gasteiger partial charge in [-0.25, -0.2) is 13.2 Å². The summed E-state index contributed by atoms with van der Waals surface area (Å²) in [6.07, 6.45) is 1.45. The summed E-state index contributed by atoms with van der Waals surface area (Å²) < 4.78 is 24.4. The second kappa shape index (κ2) is 6.64. The Hall–Kier alpha value is -3.40. The molecular weight excluding hydrogens is 388 g/mol. The molecule has 9 nitrogen and oxygen atoms in total. The summed E-state index contributed by atoms with van der Waals surface area (Å²) in [7, 11) is -4.07. The average molecular weight is 404 g/mol. The third-order valence-electron chi connectivity index (χ3n) is 4.43. The Kier molecular flexibility index (Phi) is 4.59. The molecule has 0 saturated heterocycles. The number of fused-ring (bicyclic) bond motifs is 1. The molecule has 0 saturated carbocycles. The van der Waals surface area contributed by atoms with Crippen molar-refractivity contribution in [3.05, 3.63) is 46.3 Å². The zero-order valence-electron chi connectivity index (χ0n) is 14.9. The maximum absolute atomic E-state index is 12.4. The number of carboxylic acids is 2. The fourth-order valence-electron chi connectivity index (χ4n) is 3.13. The van der Waals surface area contributed by atoms with Crippen LogP contribution in [0.3, 0.4) is 0 Å². The van der Waals surface area contributed by atoms with E-state index in [1.54, 1.807) is 13.8 Å². The molecule has 1 amide bonds. The first-order valence-electron chi connectivity index (χ1n) is 8.05. The number of aryl methyl sites for hydroxylation is 1. The molecular formula is C18H16N2O7S. The Morgan fingerprint density at radius 2 is 1.86 bits per heavy atom. The third kappa shape index (κ3) is 3.29. The number of carboxylic acid groups (broad SMARTS) is 2. The van der Waals surface area contributed by atoms with Crippen molar-refractivity contribution in [2.45, 2.75) is 18.7 Å². The van der Waals surface area contributed by atoms with Gasteiger partial charge in [-0.05, 0) is 43.7 Å². The van der Waals surface area contributed by atoms with E-state index in [0.29, 0.717) is 28.2 Å². The van der Waals surface area contributed by atoms with Crippen molar-refractivity contribution < 1.29 is 33.0 Å². The molecule has 146 valence electrons. The van der Waals surface area contributed by atoms with Crippen LogP contribution < -0.4 is 5.32 Å². The number of hydrogen-bond acceptors (Lipinski definition) is 5. The lowest BCUT2D eigenvalue weighted by Crippen LogP contribution is -2.15. The molecule has 0 unspecified atom stereocenters. The molecule has 0 aliphatic carbocycles. The number of benzene rings is 1. The topological polar surface area (TPSA) is 154 Å². The van der Waals surface area contributed by atoms with Gasteiger partial charge in [-0.1, -0.05) is 0 Å². The lowest BCUT2D eigenvalue weighted by Gasteiger charge is -2.05. The number of anilines is 1. The monoisotopic (exact) mass is 404 g/mol. The molecule has 0 bridgehead atoms. The van der Waals surface area contributed by atoms with Gasteiger partial charge < -0.3 is 20.5 Å². The summed E-state index contributed by atoms with van der Waals surface area (Å²) in [5, 5.41) is 20.7. The number of H-pyrrole nitrogens is 1. The van der Waals surface area contributed by atoms with E-state index in [9.17, 15) is 27.9 Å². The Balaban J connectivity index is 2.12. The van der Waals surface area contributed by atoms with Crippen LogP contribution in [-0.4, -0.2) is 47.2 Å². The van der Waals surface area contributed by atoms with Crippen LogP contribution in [0.25, 0.3) is 11.6 Å². The van der Waals surface area contributed by atoms with Crippen LogP contribution in [0.4, 0.5) is 5.69 Å². The van der Waals surface area contributed by atoms with E-state index in [2.05, 4.69) is 10.3 Å². The van der Waals surface area contributed by atoms with E-state index in [1.165, 1.54) is 24.3 Å². The second-order valence-corrected chi connectivity index (χ2v) is 8.33.